The van der Waals surface area contributed by atoms with E-state index in [1.165, 1.54) is 13.2 Å². The van der Waals surface area contributed by atoms with E-state index in [4.69, 9.17) is 10.00 Å². The van der Waals surface area contributed by atoms with Gasteiger partial charge in [0, 0.05) is 5.39 Å². The highest BCUT2D eigenvalue weighted by Gasteiger charge is 2.37. The molecule has 0 spiro atoms. The number of benzene rings is 1. The van der Waals surface area contributed by atoms with Crippen LogP contribution in [0.3, 0.4) is 0 Å². The third-order valence-electron chi connectivity index (χ3n) is 2.63. The van der Waals surface area contributed by atoms with Gasteiger partial charge in [0.2, 0.25) is 0 Å². The molecule has 0 saturated carbocycles. The van der Waals surface area contributed by atoms with Gasteiger partial charge >= 0.3 is 6.18 Å². The Morgan fingerprint density at radius 1 is 1.33 bits per heavy atom. The molecule has 1 N–H and O–H groups in total. The van der Waals surface area contributed by atoms with E-state index >= 15 is 0 Å². The van der Waals surface area contributed by atoms with Crippen LogP contribution in [0.2, 0.25) is 0 Å². The highest BCUT2D eigenvalue weighted by molar-refractivity contribution is 5.92. The third-order valence-corrected chi connectivity index (χ3v) is 2.63. The van der Waals surface area contributed by atoms with Crippen molar-refractivity contribution in [2.45, 2.75) is 13.1 Å². The Bertz CT molecular complexity index is 650. The molecule has 0 radical (unpaired) electrons. The molecule has 0 bridgehead atoms. The monoisotopic (exact) mass is 254 g/mol. The average molecular weight is 254 g/mol. The molecule has 0 amide bonds. The quantitative estimate of drug-likeness (QED) is 0.848. The fourth-order valence-corrected chi connectivity index (χ4v) is 1.89. The molecular weight excluding hydrogens is 245 g/mol. The van der Waals surface area contributed by atoms with Crippen molar-refractivity contribution >= 4 is 10.9 Å². The molecule has 1 heterocycles. The van der Waals surface area contributed by atoms with E-state index < -0.39 is 17.4 Å². The number of halogens is 3. The van der Waals surface area contributed by atoms with Crippen LogP contribution < -0.4 is 4.74 Å². The Morgan fingerprint density at radius 3 is 2.50 bits per heavy atom. The lowest BCUT2D eigenvalue weighted by molar-refractivity contribution is -0.140. The van der Waals surface area contributed by atoms with Crippen LogP contribution in [0.1, 0.15) is 16.8 Å². The zero-order chi connectivity index (χ0) is 13.5. The van der Waals surface area contributed by atoms with Crippen molar-refractivity contribution in [1.82, 2.24) is 4.98 Å². The zero-order valence-corrected chi connectivity index (χ0v) is 9.64. The standard InChI is InChI=1S/C12H9F3N2O/c1-6-3-7-8(5-16)11(12(13,14)15)17-10(7)9(4-6)18-2/h3-4,17H,1-2H3. The second-order valence-corrected chi connectivity index (χ2v) is 3.87. The van der Waals surface area contributed by atoms with Crippen LogP contribution in [0.15, 0.2) is 12.1 Å². The fourth-order valence-electron chi connectivity index (χ4n) is 1.89. The molecule has 18 heavy (non-hydrogen) atoms. The first-order chi connectivity index (χ1) is 8.38. The van der Waals surface area contributed by atoms with E-state index in [-0.39, 0.29) is 16.7 Å². The number of aromatic nitrogens is 1. The van der Waals surface area contributed by atoms with Crippen molar-refractivity contribution < 1.29 is 17.9 Å². The lowest BCUT2D eigenvalue weighted by atomic mass is 10.1. The Labute approximate surface area is 101 Å². The van der Waals surface area contributed by atoms with Crippen molar-refractivity contribution in [1.29, 1.82) is 5.26 Å². The van der Waals surface area contributed by atoms with Crippen LogP contribution in [0.4, 0.5) is 13.2 Å². The number of aromatic amines is 1. The Balaban J connectivity index is 2.90. The summed E-state index contributed by atoms with van der Waals surface area (Å²) < 4.78 is 43.4. The van der Waals surface area contributed by atoms with Crippen LogP contribution in [0.25, 0.3) is 10.9 Å². The van der Waals surface area contributed by atoms with Gasteiger partial charge < -0.3 is 9.72 Å². The number of nitrogens with one attached hydrogen (secondary N) is 1. The summed E-state index contributed by atoms with van der Waals surface area (Å²) in [6.45, 7) is 1.73. The Morgan fingerprint density at radius 2 is 2.00 bits per heavy atom. The maximum absolute atomic E-state index is 12.8. The molecule has 2 rings (SSSR count). The molecule has 2 aromatic rings. The molecule has 3 nitrogen and oxygen atoms in total. The van der Waals surface area contributed by atoms with Gasteiger partial charge in [-0.15, -0.1) is 0 Å². The molecule has 0 aliphatic heterocycles. The molecule has 0 atom stereocenters. The summed E-state index contributed by atoms with van der Waals surface area (Å²) >= 11 is 0. The minimum absolute atomic E-state index is 0.187. The van der Waals surface area contributed by atoms with E-state index in [0.717, 1.165) is 5.56 Å². The largest absolute Gasteiger partial charge is 0.495 e. The normalized spacial score (nSPS) is 11.6. The van der Waals surface area contributed by atoms with Crippen LogP contribution in [0, 0.1) is 18.3 Å². The maximum atomic E-state index is 12.8. The van der Waals surface area contributed by atoms with Crippen molar-refractivity contribution in [2.24, 2.45) is 0 Å². The van der Waals surface area contributed by atoms with Crippen molar-refractivity contribution in [2.75, 3.05) is 7.11 Å². The van der Waals surface area contributed by atoms with Gasteiger partial charge in [0.05, 0.1) is 18.2 Å². The van der Waals surface area contributed by atoms with Crippen LogP contribution in [-0.2, 0) is 6.18 Å². The molecule has 0 aliphatic rings. The minimum atomic E-state index is -4.59. The molecule has 0 aliphatic carbocycles. The highest BCUT2D eigenvalue weighted by atomic mass is 19.4. The summed E-state index contributed by atoms with van der Waals surface area (Å²) in [6.07, 6.45) is -4.59. The molecule has 0 unspecified atom stereocenters. The van der Waals surface area contributed by atoms with E-state index in [2.05, 4.69) is 4.98 Å². The number of nitrogens with zero attached hydrogens (tertiary/aromatic N) is 1. The van der Waals surface area contributed by atoms with Gasteiger partial charge in [0.1, 0.15) is 17.5 Å². The molecule has 1 aromatic carbocycles. The molecule has 0 fully saturated rings. The molecule has 1 aromatic heterocycles. The lowest BCUT2D eigenvalue weighted by Gasteiger charge is -2.03. The fraction of sp³-hybridized carbons (Fsp3) is 0.250. The van der Waals surface area contributed by atoms with Gasteiger partial charge in [-0.25, -0.2) is 0 Å². The first-order valence-electron chi connectivity index (χ1n) is 5.06. The Hall–Kier alpha value is -2.16. The SMILES string of the molecule is COc1cc(C)cc2c(C#N)c(C(F)(F)F)[nH]c12. The third kappa shape index (κ3) is 1.78. The topological polar surface area (TPSA) is 48.8 Å². The number of fused-ring (bicyclic) bond motifs is 1. The second kappa shape index (κ2) is 3.95. The van der Waals surface area contributed by atoms with E-state index in [1.807, 2.05) is 0 Å². The first-order valence-corrected chi connectivity index (χ1v) is 5.06. The highest BCUT2D eigenvalue weighted by Crippen LogP contribution is 2.38. The summed E-state index contributed by atoms with van der Waals surface area (Å²) in [5.74, 6) is 0.289. The number of aryl methyl sites for hydroxylation is 1. The van der Waals surface area contributed by atoms with Crippen molar-refractivity contribution in [3.8, 4) is 11.8 Å². The molecule has 0 saturated heterocycles. The number of hydrogen-bond donors (Lipinski definition) is 1. The number of hydrogen-bond acceptors (Lipinski definition) is 2. The number of alkyl halides is 3. The summed E-state index contributed by atoms with van der Waals surface area (Å²) in [5.41, 5.74) is -0.529. The molecular formula is C12H9F3N2O. The van der Waals surface area contributed by atoms with Gasteiger partial charge in [-0.2, -0.15) is 18.4 Å². The number of ether oxygens (including phenoxy) is 1. The van der Waals surface area contributed by atoms with Crippen LogP contribution >= 0.6 is 0 Å². The summed E-state index contributed by atoms with van der Waals surface area (Å²) in [5, 5.41) is 9.14. The lowest BCUT2D eigenvalue weighted by Crippen LogP contribution is -2.07. The molecule has 6 heteroatoms. The predicted molar refractivity (Wildman–Crippen MR) is 59.3 cm³/mol. The zero-order valence-electron chi connectivity index (χ0n) is 9.64. The summed E-state index contributed by atoms with van der Waals surface area (Å²) in [4.78, 5) is 2.23. The maximum Gasteiger partial charge on any atom is 0.432 e. The van der Waals surface area contributed by atoms with Gasteiger partial charge in [0.25, 0.3) is 0 Å². The van der Waals surface area contributed by atoms with Gasteiger partial charge in [0.15, 0.2) is 0 Å². The second-order valence-electron chi connectivity index (χ2n) is 3.87. The van der Waals surface area contributed by atoms with Gasteiger partial charge in [-0.05, 0) is 24.6 Å². The minimum Gasteiger partial charge on any atom is -0.495 e. The first kappa shape index (κ1) is 12.3. The number of rotatable bonds is 1. The summed E-state index contributed by atoms with van der Waals surface area (Å²) in [6, 6.07) is 4.74. The van der Waals surface area contributed by atoms with Crippen molar-refractivity contribution in [3.05, 3.63) is 29.0 Å². The number of nitriles is 1. The smallest absolute Gasteiger partial charge is 0.432 e. The van der Waals surface area contributed by atoms with E-state index in [0.29, 0.717) is 0 Å². The van der Waals surface area contributed by atoms with Crippen LogP contribution in [0.5, 0.6) is 5.75 Å². The Kier molecular flexibility index (Phi) is 2.70. The number of methoxy groups -OCH3 is 1. The number of H-pyrrole nitrogens is 1. The predicted octanol–water partition coefficient (Wildman–Crippen LogP) is 3.38. The summed E-state index contributed by atoms with van der Waals surface area (Å²) in [7, 11) is 1.37. The molecule has 94 valence electrons. The van der Waals surface area contributed by atoms with E-state index in [9.17, 15) is 13.2 Å². The van der Waals surface area contributed by atoms with Crippen molar-refractivity contribution in [3.63, 3.8) is 0 Å². The van der Waals surface area contributed by atoms with Gasteiger partial charge in [-0.1, -0.05) is 0 Å². The van der Waals surface area contributed by atoms with E-state index in [1.54, 1.807) is 19.1 Å². The van der Waals surface area contributed by atoms with Crippen LogP contribution in [-0.4, -0.2) is 12.1 Å². The average Bonchev–Trinajstić information content (AvgIpc) is 2.65. The van der Waals surface area contributed by atoms with Gasteiger partial charge in [-0.3, -0.25) is 0 Å².